The molecule has 0 amide bonds. The number of hydrogen-bond acceptors (Lipinski definition) is 1. The van der Waals surface area contributed by atoms with Crippen LogP contribution in [0.3, 0.4) is 0 Å². The average molecular weight is 190 g/mol. The average Bonchev–Trinajstić information content (AvgIpc) is 2.19. The van der Waals surface area contributed by atoms with Crippen LogP contribution in [-0.2, 0) is 0 Å². The Morgan fingerprint density at radius 3 is 2.57 bits per heavy atom. The number of nitrogens with zero attached hydrogens (tertiary/aromatic N) is 1. The molecule has 2 nitrogen and oxygen atoms in total. The van der Waals surface area contributed by atoms with Crippen molar-refractivity contribution in [1.29, 1.82) is 0 Å². The third-order valence-electron chi connectivity index (χ3n) is 2.15. The molecule has 0 aliphatic heterocycles. The molecule has 1 rings (SSSR count). The monoisotopic (exact) mass is 190 g/mol. The lowest BCUT2D eigenvalue weighted by Crippen LogP contribution is -2.12. The third kappa shape index (κ3) is 3.21. The first-order valence-electron chi connectivity index (χ1n) is 5.11. The molecule has 0 bridgehead atoms. The molecule has 0 saturated carbocycles. The van der Waals surface area contributed by atoms with Gasteiger partial charge in [0.2, 0.25) is 0 Å². The Morgan fingerprint density at radius 2 is 2.00 bits per heavy atom. The van der Waals surface area contributed by atoms with Gasteiger partial charge in [0.05, 0.1) is 11.9 Å². The summed E-state index contributed by atoms with van der Waals surface area (Å²) in [5, 5.41) is 0. The summed E-state index contributed by atoms with van der Waals surface area (Å²) in [6, 6.07) is 10.4. The second-order valence-electron chi connectivity index (χ2n) is 3.46. The molecule has 1 unspecified atom stereocenters. The summed E-state index contributed by atoms with van der Waals surface area (Å²) in [4.78, 5) is 4.43. The zero-order chi connectivity index (χ0) is 10.4. The predicted octanol–water partition coefficient (Wildman–Crippen LogP) is 2.90. The van der Waals surface area contributed by atoms with Crippen LogP contribution in [0.25, 0.3) is 0 Å². The zero-order valence-corrected chi connectivity index (χ0v) is 8.90. The molecule has 0 fully saturated rings. The molecule has 1 atom stereocenters. The maximum Gasteiger partial charge on any atom is 0.0944 e. The predicted molar refractivity (Wildman–Crippen MR) is 61.4 cm³/mol. The summed E-state index contributed by atoms with van der Waals surface area (Å²) in [6.45, 7) is 4.17. The van der Waals surface area contributed by atoms with Gasteiger partial charge in [0.15, 0.2) is 0 Å². The first-order chi connectivity index (χ1) is 6.74. The Labute approximate surface area is 85.9 Å². The molecule has 1 aromatic rings. The van der Waals surface area contributed by atoms with Crippen molar-refractivity contribution in [3.05, 3.63) is 35.9 Å². The number of nitrogens with two attached hydrogens (primary N) is 1. The summed E-state index contributed by atoms with van der Waals surface area (Å²) < 4.78 is 0. The second-order valence-corrected chi connectivity index (χ2v) is 3.46. The molecular weight excluding hydrogens is 172 g/mol. The first-order valence-corrected chi connectivity index (χ1v) is 5.11. The first kappa shape index (κ1) is 10.8. The van der Waals surface area contributed by atoms with Crippen LogP contribution < -0.4 is 5.73 Å². The number of amidine groups is 1. The van der Waals surface area contributed by atoms with Crippen LogP contribution in [-0.4, -0.2) is 5.84 Å². The van der Waals surface area contributed by atoms with Gasteiger partial charge in [-0.3, -0.25) is 4.99 Å². The quantitative estimate of drug-likeness (QED) is 0.575. The van der Waals surface area contributed by atoms with Crippen molar-refractivity contribution >= 4 is 5.84 Å². The maximum absolute atomic E-state index is 5.77. The van der Waals surface area contributed by atoms with Crippen molar-refractivity contribution in [3.8, 4) is 0 Å². The van der Waals surface area contributed by atoms with E-state index in [1.54, 1.807) is 0 Å². The molecule has 0 heterocycles. The molecule has 0 aliphatic carbocycles. The lowest BCUT2D eigenvalue weighted by Gasteiger charge is -2.07. The van der Waals surface area contributed by atoms with E-state index in [0.717, 1.165) is 18.7 Å². The van der Waals surface area contributed by atoms with E-state index in [1.807, 2.05) is 18.2 Å². The Hall–Kier alpha value is -1.31. The fraction of sp³-hybridized carbons (Fsp3) is 0.417. The van der Waals surface area contributed by atoms with Crippen molar-refractivity contribution in [2.45, 2.75) is 32.7 Å². The lowest BCUT2D eigenvalue weighted by molar-refractivity contribution is 0.806. The topological polar surface area (TPSA) is 38.4 Å². The highest BCUT2D eigenvalue weighted by molar-refractivity contribution is 5.80. The highest BCUT2D eigenvalue weighted by atomic mass is 14.9. The van der Waals surface area contributed by atoms with Gasteiger partial charge < -0.3 is 5.73 Å². The maximum atomic E-state index is 5.77. The number of benzene rings is 1. The van der Waals surface area contributed by atoms with E-state index >= 15 is 0 Å². The fourth-order valence-corrected chi connectivity index (χ4v) is 1.38. The van der Waals surface area contributed by atoms with Crippen LogP contribution in [0.1, 0.15) is 38.3 Å². The van der Waals surface area contributed by atoms with Crippen molar-refractivity contribution in [1.82, 2.24) is 0 Å². The Balaban J connectivity index is 2.67. The van der Waals surface area contributed by atoms with Crippen molar-refractivity contribution in [2.24, 2.45) is 10.7 Å². The summed E-state index contributed by atoms with van der Waals surface area (Å²) in [6.07, 6.45) is 1.94. The molecule has 76 valence electrons. The highest BCUT2D eigenvalue weighted by Gasteiger charge is 2.02. The normalized spacial score (nSPS) is 14.0. The number of aliphatic imine (C=N–C) groups is 1. The number of rotatable bonds is 4. The molecule has 0 saturated heterocycles. The summed E-state index contributed by atoms with van der Waals surface area (Å²) in [5.74, 6) is 0.754. The molecule has 0 aromatic heterocycles. The largest absolute Gasteiger partial charge is 0.387 e. The van der Waals surface area contributed by atoms with Gasteiger partial charge in [-0.1, -0.05) is 37.3 Å². The van der Waals surface area contributed by atoms with Crippen LogP contribution in [0.5, 0.6) is 0 Å². The van der Waals surface area contributed by atoms with Gasteiger partial charge in [-0.25, -0.2) is 0 Å². The molecule has 0 spiro atoms. The Bertz CT molecular complexity index is 290. The van der Waals surface area contributed by atoms with E-state index < -0.39 is 0 Å². The van der Waals surface area contributed by atoms with Crippen molar-refractivity contribution in [2.75, 3.05) is 0 Å². The van der Waals surface area contributed by atoms with Crippen molar-refractivity contribution < 1.29 is 0 Å². The van der Waals surface area contributed by atoms with Gasteiger partial charge in [0.25, 0.3) is 0 Å². The summed E-state index contributed by atoms with van der Waals surface area (Å²) >= 11 is 0. The minimum Gasteiger partial charge on any atom is -0.387 e. The van der Waals surface area contributed by atoms with Crippen molar-refractivity contribution in [3.63, 3.8) is 0 Å². The second kappa shape index (κ2) is 5.43. The molecular formula is C12H18N2. The molecule has 0 aliphatic rings. The highest BCUT2D eigenvalue weighted by Crippen LogP contribution is 2.15. The molecule has 1 aromatic carbocycles. The van der Waals surface area contributed by atoms with Crippen LogP contribution in [0.15, 0.2) is 35.3 Å². The van der Waals surface area contributed by atoms with E-state index in [0.29, 0.717) is 0 Å². The molecule has 14 heavy (non-hydrogen) atoms. The van der Waals surface area contributed by atoms with Crippen LogP contribution in [0.2, 0.25) is 0 Å². The molecule has 0 radical (unpaired) electrons. The third-order valence-corrected chi connectivity index (χ3v) is 2.15. The van der Waals surface area contributed by atoms with Crippen LogP contribution >= 0.6 is 0 Å². The lowest BCUT2D eigenvalue weighted by atomic mass is 10.1. The van der Waals surface area contributed by atoms with E-state index in [2.05, 4.69) is 31.0 Å². The SMILES string of the molecule is CCCC(N)=NC(C)c1ccccc1. The van der Waals surface area contributed by atoms with Crippen LogP contribution in [0, 0.1) is 0 Å². The fourth-order valence-electron chi connectivity index (χ4n) is 1.38. The standard InChI is InChI=1S/C12H18N2/c1-3-7-12(13)14-10(2)11-8-5-4-6-9-11/h4-6,8-10H,3,7H2,1-2H3,(H2,13,14). The van der Waals surface area contributed by atoms with Gasteiger partial charge in [-0.05, 0) is 18.9 Å². The number of hydrogen-bond donors (Lipinski definition) is 1. The van der Waals surface area contributed by atoms with E-state index in [9.17, 15) is 0 Å². The minimum absolute atomic E-state index is 0.169. The smallest absolute Gasteiger partial charge is 0.0944 e. The van der Waals surface area contributed by atoms with Gasteiger partial charge >= 0.3 is 0 Å². The Kier molecular flexibility index (Phi) is 4.17. The minimum atomic E-state index is 0.169. The molecule has 2 N–H and O–H groups in total. The van der Waals surface area contributed by atoms with Gasteiger partial charge in [0.1, 0.15) is 0 Å². The Morgan fingerprint density at radius 1 is 1.36 bits per heavy atom. The van der Waals surface area contributed by atoms with E-state index in [-0.39, 0.29) is 6.04 Å². The summed E-state index contributed by atoms with van der Waals surface area (Å²) in [5.41, 5.74) is 6.99. The van der Waals surface area contributed by atoms with E-state index in [1.165, 1.54) is 5.56 Å². The molecule has 2 heteroatoms. The van der Waals surface area contributed by atoms with E-state index in [4.69, 9.17) is 5.73 Å². The van der Waals surface area contributed by atoms with Gasteiger partial charge in [0, 0.05) is 6.42 Å². The summed E-state index contributed by atoms with van der Waals surface area (Å²) in [7, 11) is 0. The van der Waals surface area contributed by atoms with Crippen LogP contribution in [0.4, 0.5) is 0 Å². The van der Waals surface area contributed by atoms with Gasteiger partial charge in [-0.2, -0.15) is 0 Å². The van der Waals surface area contributed by atoms with Gasteiger partial charge in [-0.15, -0.1) is 0 Å². The zero-order valence-electron chi connectivity index (χ0n) is 8.90.